The molecule has 1 saturated carbocycles. The van der Waals surface area contributed by atoms with Crippen LogP contribution in [0.2, 0.25) is 5.02 Å². The summed E-state index contributed by atoms with van der Waals surface area (Å²) in [5.41, 5.74) is 2.10. The van der Waals surface area contributed by atoms with Crippen LogP contribution in [-0.2, 0) is 16.0 Å². The quantitative estimate of drug-likeness (QED) is 0.900. The first-order valence-electron chi connectivity index (χ1n) is 8.39. The van der Waals surface area contributed by atoms with Gasteiger partial charge in [-0.25, -0.2) is 0 Å². The van der Waals surface area contributed by atoms with Crippen molar-refractivity contribution in [2.45, 2.75) is 57.5 Å². The van der Waals surface area contributed by atoms with Crippen molar-refractivity contribution in [1.29, 1.82) is 0 Å². The number of aryl methyl sites for hydroxylation is 2. The van der Waals surface area contributed by atoms with Gasteiger partial charge < -0.3 is 10.2 Å². The molecule has 5 heteroatoms. The Kier molecular flexibility index (Phi) is 4.90. The SMILES string of the molecule is Cc1ccc(CCC(=O)N2CCC[C@H]2C(=O)NC2CC2)cc1Cl. The Morgan fingerprint density at radius 2 is 2.09 bits per heavy atom. The topological polar surface area (TPSA) is 49.4 Å². The van der Waals surface area contributed by atoms with Gasteiger partial charge in [0.05, 0.1) is 0 Å². The van der Waals surface area contributed by atoms with Crippen LogP contribution in [0.25, 0.3) is 0 Å². The van der Waals surface area contributed by atoms with Gasteiger partial charge in [0.2, 0.25) is 11.8 Å². The summed E-state index contributed by atoms with van der Waals surface area (Å²) >= 11 is 6.13. The second-order valence-electron chi connectivity index (χ2n) is 6.61. The number of nitrogens with one attached hydrogen (secondary N) is 1. The van der Waals surface area contributed by atoms with Crippen molar-refractivity contribution in [3.8, 4) is 0 Å². The first-order valence-corrected chi connectivity index (χ1v) is 8.77. The zero-order valence-electron chi connectivity index (χ0n) is 13.5. The van der Waals surface area contributed by atoms with Gasteiger partial charge in [-0.1, -0.05) is 23.7 Å². The van der Waals surface area contributed by atoms with E-state index in [1.54, 1.807) is 4.90 Å². The van der Waals surface area contributed by atoms with E-state index in [0.29, 0.717) is 25.4 Å². The van der Waals surface area contributed by atoms with Gasteiger partial charge in [-0.15, -0.1) is 0 Å². The maximum Gasteiger partial charge on any atom is 0.243 e. The van der Waals surface area contributed by atoms with E-state index in [0.717, 1.165) is 41.8 Å². The van der Waals surface area contributed by atoms with Gasteiger partial charge in [0.25, 0.3) is 0 Å². The molecule has 2 amide bonds. The predicted octanol–water partition coefficient (Wildman–Crippen LogP) is 2.85. The predicted molar refractivity (Wildman–Crippen MR) is 90.4 cm³/mol. The summed E-state index contributed by atoms with van der Waals surface area (Å²) < 4.78 is 0. The second kappa shape index (κ2) is 6.91. The van der Waals surface area contributed by atoms with E-state index in [9.17, 15) is 9.59 Å². The molecule has 1 aliphatic heterocycles. The highest BCUT2D eigenvalue weighted by Crippen LogP contribution is 2.23. The first-order chi connectivity index (χ1) is 11.0. The van der Waals surface area contributed by atoms with E-state index in [-0.39, 0.29) is 17.9 Å². The Bertz CT molecular complexity index is 613. The number of rotatable bonds is 5. The normalized spacial score (nSPS) is 20.6. The van der Waals surface area contributed by atoms with Crippen LogP contribution < -0.4 is 5.32 Å². The zero-order valence-corrected chi connectivity index (χ0v) is 14.2. The molecule has 0 aromatic heterocycles. The summed E-state index contributed by atoms with van der Waals surface area (Å²) in [5, 5.41) is 3.75. The average molecular weight is 335 g/mol. The number of halogens is 1. The fraction of sp³-hybridized carbons (Fsp3) is 0.556. The highest BCUT2D eigenvalue weighted by atomic mass is 35.5. The lowest BCUT2D eigenvalue weighted by Gasteiger charge is -2.24. The Morgan fingerprint density at radius 3 is 2.78 bits per heavy atom. The van der Waals surface area contributed by atoms with Crippen LogP contribution >= 0.6 is 11.6 Å². The number of hydrogen-bond donors (Lipinski definition) is 1. The molecule has 1 aliphatic carbocycles. The molecule has 2 fully saturated rings. The Balaban J connectivity index is 1.55. The maximum absolute atomic E-state index is 12.5. The monoisotopic (exact) mass is 334 g/mol. The summed E-state index contributed by atoms with van der Waals surface area (Å²) in [6.45, 7) is 2.65. The molecule has 0 unspecified atom stereocenters. The van der Waals surface area contributed by atoms with E-state index in [4.69, 9.17) is 11.6 Å². The van der Waals surface area contributed by atoms with Gasteiger partial charge in [0.1, 0.15) is 6.04 Å². The number of carbonyl (C=O) groups excluding carboxylic acids is 2. The molecule has 3 rings (SSSR count). The van der Waals surface area contributed by atoms with E-state index in [1.165, 1.54) is 0 Å². The molecule has 0 bridgehead atoms. The third kappa shape index (κ3) is 4.05. The fourth-order valence-electron chi connectivity index (χ4n) is 3.05. The minimum absolute atomic E-state index is 0.0248. The molecule has 1 saturated heterocycles. The number of likely N-dealkylation sites (tertiary alicyclic amines) is 1. The van der Waals surface area contributed by atoms with Crippen LogP contribution in [0.15, 0.2) is 18.2 Å². The highest BCUT2D eigenvalue weighted by Gasteiger charge is 2.36. The molecule has 4 nitrogen and oxygen atoms in total. The fourth-order valence-corrected chi connectivity index (χ4v) is 3.25. The summed E-state index contributed by atoms with van der Waals surface area (Å²) in [6.07, 6.45) is 4.91. The Hall–Kier alpha value is -1.55. The lowest BCUT2D eigenvalue weighted by Crippen LogP contribution is -2.46. The molecule has 1 aromatic rings. The molecule has 0 radical (unpaired) electrons. The number of amides is 2. The van der Waals surface area contributed by atoms with E-state index >= 15 is 0 Å². The number of benzene rings is 1. The van der Waals surface area contributed by atoms with Crippen LogP contribution in [0, 0.1) is 6.92 Å². The summed E-state index contributed by atoms with van der Waals surface area (Å²) in [6, 6.07) is 5.98. The minimum Gasteiger partial charge on any atom is -0.352 e. The number of nitrogens with zero attached hydrogens (tertiary/aromatic N) is 1. The first kappa shape index (κ1) is 16.3. The van der Waals surface area contributed by atoms with E-state index < -0.39 is 0 Å². The molecule has 1 heterocycles. The summed E-state index contributed by atoms with van der Waals surface area (Å²) in [7, 11) is 0. The third-order valence-corrected chi connectivity index (χ3v) is 5.07. The second-order valence-corrected chi connectivity index (χ2v) is 7.02. The molecule has 1 aromatic carbocycles. The van der Waals surface area contributed by atoms with Crippen LogP contribution in [0.4, 0.5) is 0 Å². The molecular formula is C18H23ClN2O2. The van der Waals surface area contributed by atoms with Crippen molar-refractivity contribution in [3.63, 3.8) is 0 Å². The van der Waals surface area contributed by atoms with Crippen molar-refractivity contribution in [2.75, 3.05) is 6.54 Å². The van der Waals surface area contributed by atoms with Crippen molar-refractivity contribution < 1.29 is 9.59 Å². The van der Waals surface area contributed by atoms with Crippen molar-refractivity contribution >= 4 is 23.4 Å². The van der Waals surface area contributed by atoms with Crippen molar-refractivity contribution in [2.24, 2.45) is 0 Å². The lowest BCUT2D eigenvalue weighted by atomic mass is 10.1. The summed E-state index contributed by atoms with van der Waals surface area (Å²) in [5.74, 6) is 0.0897. The van der Waals surface area contributed by atoms with Crippen molar-refractivity contribution in [1.82, 2.24) is 10.2 Å². The van der Waals surface area contributed by atoms with Crippen LogP contribution in [-0.4, -0.2) is 35.3 Å². The number of carbonyl (C=O) groups is 2. The largest absolute Gasteiger partial charge is 0.352 e. The van der Waals surface area contributed by atoms with Gasteiger partial charge in [-0.2, -0.15) is 0 Å². The van der Waals surface area contributed by atoms with Crippen LogP contribution in [0.5, 0.6) is 0 Å². The minimum atomic E-state index is -0.273. The average Bonchev–Trinajstić information content (AvgIpc) is 3.20. The summed E-state index contributed by atoms with van der Waals surface area (Å²) in [4.78, 5) is 26.5. The van der Waals surface area contributed by atoms with E-state index in [2.05, 4.69) is 5.32 Å². The smallest absolute Gasteiger partial charge is 0.243 e. The van der Waals surface area contributed by atoms with Crippen molar-refractivity contribution in [3.05, 3.63) is 34.3 Å². The van der Waals surface area contributed by atoms with Gasteiger partial charge >= 0.3 is 0 Å². The lowest BCUT2D eigenvalue weighted by molar-refractivity contribution is -0.138. The van der Waals surface area contributed by atoms with E-state index in [1.807, 2.05) is 25.1 Å². The molecule has 1 N–H and O–H groups in total. The standard InChI is InChI=1S/C18H23ClN2O2/c1-12-4-5-13(11-15(12)19)6-9-17(22)21-10-2-3-16(21)18(23)20-14-7-8-14/h4-5,11,14,16H,2-3,6-10H2,1H3,(H,20,23)/t16-/m0/s1. The van der Waals surface area contributed by atoms with Gasteiger partial charge in [-0.3, -0.25) is 9.59 Å². The maximum atomic E-state index is 12.5. The van der Waals surface area contributed by atoms with Crippen LogP contribution in [0.3, 0.4) is 0 Å². The number of hydrogen-bond acceptors (Lipinski definition) is 2. The van der Waals surface area contributed by atoms with Gasteiger partial charge in [0.15, 0.2) is 0 Å². The molecule has 0 spiro atoms. The molecule has 23 heavy (non-hydrogen) atoms. The van der Waals surface area contributed by atoms with Gasteiger partial charge in [-0.05, 0) is 56.2 Å². The Labute approximate surface area is 142 Å². The van der Waals surface area contributed by atoms with Gasteiger partial charge in [0, 0.05) is 24.0 Å². The Morgan fingerprint density at radius 1 is 1.30 bits per heavy atom. The molecule has 2 aliphatic rings. The van der Waals surface area contributed by atoms with Crippen LogP contribution in [0.1, 0.15) is 43.2 Å². The zero-order chi connectivity index (χ0) is 16.4. The third-order valence-electron chi connectivity index (χ3n) is 4.66. The molecular weight excluding hydrogens is 312 g/mol. The highest BCUT2D eigenvalue weighted by molar-refractivity contribution is 6.31. The molecule has 124 valence electrons. The molecule has 1 atom stereocenters.